The van der Waals surface area contributed by atoms with Crippen molar-refractivity contribution in [3.8, 4) is 23.1 Å². The molecule has 4 rings (SSSR count). The van der Waals surface area contributed by atoms with Gasteiger partial charge in [-0.15, -0.1) is 5.10 Å². The number of aromatic nitrogens is 5. The third-order valence-electron chi connectivity index (χ3n) is 5.58. The first-order valence-corrected chi connectivity index (χ1v) is 12.8. The smallest absolute Gasteiger partial charge is 0.319 e. The van der Waals surface area contributed by atoms with E-state index in [-0.39, 0.29) is 6.03 Å². The van der Waals surface area contributed by atoms with Crippen LogP contribution < -0.4 is 24.8 Å². The molecule has 200 valence electrons. The van der Waals surface area contributed by atoms with Crippen molar-refractivity contribution in [1.29, 1.82) is 0 Å². The summed E-state index contributed by atoms with van der Waals surface area (Å²) in [6.07, 6.45) is 8.67. The van der Waals surface area contributed by atoms with Gasteiger partial charge in [-0.1, -0.05) is 23.7 Å². The first-order chi connectivity index (χ1) is 18.6. The van der Waals surface area contributed by atoms with Crippen LogP contribution in [0.15, 0.2) is 49.1 Å². The summed E-state index contributed by atoms with van der Waals surface area (Å²) in [6.45, 7) is 3.93. The summed E-state index contributed by atoms with van der Waals surface area (Å²) in [4.78, 5) is 20.6. The number of fused-ring (bicyclic) bond motifs is 1. The summed E-state index contributed by atoms with van der Waals surface area (Å²) in [5.74, 6) is 1.95. The number of methoxy groups -OCH3 is 1. The van der Waals surface area contributed by atoms with Gasteiger partial charge >= 0.3 is 6.03 Å². The molecule has 0 atom stereocenters. The van der Waals surface area contributed by atoms with Gasteiger partial charge in [-0.2, -0.15) is 0 Å². The molecule has 0 unspecified atom stereocenters. The fourth-order valence-electron chi connectivity index (χ4n) is 3.66. The van der Waals surface area contributed by atoms with Crippen LogP contribution in [0.1, 0.15) is 32.6 Å². The zero-order chi connectivity index (χ0) is 26.7. The number of unbranched alkanes of at least 4 members (excludes halogenated alkanes) is 2. The van der Waals surface area contributed by atoms with E-state index in [1.165, 1.54) is 6.33 Å². The number of carbonyl (C=O) groups is 1. The van der Waals surface area contributed by atoms with Crippen LogP contribution in [0, 0.1) is 0 Å². The molecule has 0 bridgehead atoms. The molecule has 2 heterocycles. The van der Waals surface area contributed by atoms with Gasteiger partial charge in [0.1, 0.15) is 12.1 Å². The number of nitrogens with zero attached hydrogens (tertiary/aromatic N) is 5. The molecule has 11 nitrogen and oxygen atoms in total. The van der Waals surface area contributed by atoms with E-state index >= 15 is 0 Å². The van der Waals surface area contributed by atoms with Crippen LogP contribution >= 0.6 is 11.6 Å². The van der Waals surface area contributed by atoms with Crippen LogP contribution in [0.25, 0.3) is 10.9 Å². The molecule has 0 fully saturated rings. The van der Waals surface area contributed by atoms with Gasteiger partial charge < -0.3 is 24.8 Å². The number of rotatable bonds is 13. The molecule has 0 radical (unpaired) electrons. The average molecular weight is 540 g/mol. The largest absolute Gasteiger partial charge is 0.493 e. The minimum absolute atomic E-state index is 0.318. The van der Waals surface area contributed by atoms with Crippen molar-refractivity contribution in [3.05, 3.63) is 54.1 Å². The predicted octanol–water partition coefficient (Wildman–Crippen LogP) is 5.46. The molecule has 0 saturated heterocycles. The number of anilines is 1. The van der Waals surface area contributed by atoms with Gasteiger partial charge in [0, 0.05) is 31.4 Å². The van der Waals surface area contributed by atoms with E-state index in [0.29, 0.717) is 57.9 Å². The molecule has 0 aliphatic heterocycles. The minimum Gasteiger partial charge on any atom is -0.493 e. The molecule has 0 spiro atoms. The molecular weight excluding hydrogens is 510 g/mol. The second kappa shape index (κ2) is 13.4. The van der Waals surface area contributed by atoms with E-state index in [1.54, 1.807) is 37.6 Å². The molecular formula is C26H30ClN7O4. The van der Waals surface area contributed by atoms with Crippen LogP contribution in [0.3, 0.4) is 0 Å². The summed E-state index contributed by atoms with van der Waals surface area (Å²) in [5, 5.41) is 14.2. The van der Waals surface area contributed by atoms with Crippen LogP contribution in [0.2, 0.25) is 5.02 Å². The van der Waals surface area contributed by atoms with Crippen molar-refractivity contribution in [2.24, 2.45) is 0 Å². The van der Waals surface area contributed by atoms with Crippen molar-refractivity contribution >= 4 is 34.2 Å². The summed E-state index contributed by atoms with van der Waals surface area (Å²) < 4.78 is 19.4. The number of nitrogens with one attached hydrogen (secondary N) is 2. The Balaban J connectivity index is 1.40. The lowest BCUT2D eigenvalue weighted by atomic mass is 10.2. The Morgan fingerprint density at radius 2 is 2.00 bits per heavy atom. The Morgan fingerprint density at radius 3 is 2.76 bits per heavy atom. The molecule has 0 aliphatic rings. The summed E-state index contributed by atoms with van der Waals surface area (Å²) in [5.41, 5.74) is 1.12. The van der Waals surface area contributed by atoms with E-state index in [4.69, 9.17) is 25.8 Å². The van der Waals surface area contributed by atoms with E-state index in [0.717, 1.165) is 32.2 Å². The van der Waals surface area contributed by atoms with Crippen molar-refractivity contribution in [3.63, 3.8) is 0 Å². The summed E-state index contributed by atoms with van der Waals surface area (Å²) in [6, 6.07) is 8.27. The highest BCUT2D eigenvalue weighted by Crippen LogP contribution is 2.37. The monoisotopic (exact) mass is 539 g/mol. The Bertz CT molecular complexity index is 1350. The number of benzene rings is 2. The third kappa shape index (κ3) is 7.22. The maximum Gasteiger partial charge on any atom is 0.319 e. The number of hydrogen-bond acceptors (Lipinski definition) is 8. The highest BCUT2D eigenvalue weighted by molar-refractivity contribution is 6.33. The lowest BCUT2D eigenvalue weighted by Crippen LogP contribution is -2.29. The van der Waals surface area contributed by atoms with Gasteiger partial charge in [0.2, 0.25) is 5.88 Å². The zero-order valence-corrected chi connectivity index (χ0v) is 22.1. The number of hydrogen-bond donors (Lipinski definition) is 2. The Kier molecular flexibility index (Phi) is 9.52. The fraction of sp³-hybridized carbons (Fsp3) is 0.346. The Hall–Kier alpha value is -4.12. The van der Waals surface area contributed by atoms with Gasteiger partial charge in [-0.3, -0.25) is 4.68 Å². The maximum atomic E-state index is 11.9. The normalized spacial score (nSPS) is 10.8. The van der Waals surface area contributed by atoms with Crippen LogP contribution in [-0.2, 0) is 6.54 Å². The van der Waals surface area contributed by atoms with Gasteiger partial charge in [0.05, 0.1) is 41.5 Å². The molecule has 38 heavy (non-hydrogen) atoms. The molecule has 0 saturated carbocycles. The number of ether oxygens (including phenoxy) is 3. The first-order valence-electron chi connectivity index (χ1n) is 12.4. The number of urea groups is 1. The van der Waals surface area contributed by atoms with E-state index in [9.17, 15) is 4.79 Å². The van der Waals surface area contributed by atoms with Crippen molar-refractivity contribution in [2.45, 2.75) is 39.2 Å². The SMILES string of the molecule is CCCNC(=O)Nc1ccc(Oc2ncnc3cc(OCCCCCn4ccnn4)c(OC)cc23)cc1Cl. The second-order valence-corrected chi connectivity index (χ2v) is 8.81. The maximum absolute atomic E-state index is 11.9. The van der Waals surface area contributed by atoms with Crippen molar-refractivity contribution < 1.29 is 19.0 Å². The molecule has 2 N–H and O–H groups in total. The zero-order valence-electron chi connectivity index (χ0n) is 21.3. The molecule has 4 aromatic rings. The van der Waals surface area contributed by atoms with E-state index < -0.39 is 0 Å². The highest BCUT2D eigenvalue weighted by atomic mass is 35.5. The first kappa shape index (κ1) is 26.9. The quantitative estimate of drug-likeness (QED) is 0.215. The van der Waals surface area contributed by atoms with Crippen LogP contribution in [-0.4, -0.2) is 51.3 Å². The van der Waals surface area contributed by atoms with Gasteiger partial charge in [-0.05, 0) is 43.9 Å². The standard InChI is InChI=1S/C26H30ClN7O4/c1-3-9-28-26(35)32-21-8-7-18(14-20(21)27)38-25-19-15-23(36-2)24(16-22(19)29-17-30-25)37-13-6-4-5-11-34-12-10-31-33-34/h7-8,10,12,14-17H,3-6,9,11,13H2,1-2H3,(H2,28,32,35). The van der Waals surface area contributed by atoms with Crippen LogP contribution in [0.5, 0.6) is 23.1 Å². The number of amides is 2. The number of carbonyl (C=O) groups excluding carboxylic acids is 1. The Labute approximate surface area is 225 Å². The number of aryl methyl sites for hydroxylation is 1. The van der Waals surface area contributed by atoms with Crippen molar-refractivity contribution in [2.75, 3.05) is 25.6 Å². The molecule has 12 heteroatoms. The van der Waals surface area contributed by atoms with Gasteiger partial charge in [0.15, 0.2) is 11.5 Å². The van der Waals surface area contributed by atoms with E-state index in [1.807, 2.05) is 23.9 Å². The second-order valence-electron chi connectivity index (χ2n) is 8.40. The predicted molar refractivity (Wildman–Crippen MR) is 144 cm³/mol. The molecule has 2 aromatic carbocycles. The number of halogens is 1. The highest BCUT2D eigenvalue weighted by Gasteiger charge is 2.14. The third-order valence-corrected chi connectivity index (χ3v) is 5.90. The molecule has 2 amide bonds. The average Bonchev–Trinajstić information content (AvgIpc) is 3.44. The minimum atomic E-state index is -0.318. The lowest BCUT2D eigenvalue weighted by molar-refractivity contribution is 0.252. The topological polar surface area (TPSA) is 125 Å². The van der Waals surface area contributed by atoms with Crippen LogP contribution in [0.4, 0.5) is 10.5 Å². The van der Waals surface area contributed by atoms with Crippen molar-refractivity contribution in [1.82, 2.24) is 30.3 Å². The van der Waals surface area contributed by atoms with Gasteiger partial charge in [-0.25, -0.2) is 14.8 Å². The summed E-state index contributed by atoms with van der Waals surface area (Å²) >= 11 is 6.37. The fourth-order valence-corrected chi connectivity index (χ4v) is 3.88. The molecule has 0 aliphatic carbocycles. The lowest BCUT2D eigenvalue weighted by Gasteiger charge is -2.14. The van der Waals surface area contributed by atoms with Gasteiger partial charge in [0.25, 0.3) is 0 Å². The summed E-state index contributed by atoms with van der Waals surface area (Å²) in [7, 11) is 1.58. The Morgan fingerprint density at radius 1 is 1.11 bits per heavy atom. The molecule has 2 aromatic heterocycles. The van der Waals surface area contributed by atoms with E-state index in [2.05, 4.69) is 30.9 Å².